The van der Waals surface area contributed by atoms with Gasteiger partial charge in [0.15, 0.2) is 5.13 Å². The molecule has 1 heterocycles. The fourth-order valence-electron chi connectivity index (χ4n) is 3.72. The van der Waals surface area contributed by atoms with E-state index in [0.717, 1.165) is 17.4 Å². The van der Waals surface area contributed by atoms with Gasteiger partial charge < -0.3 is 19.3 Å². The molecule has 2 aromatic carbocycles. The van der Waals surface area contributed by atoms with E-state index in [1.165, 1.54) is 26.4 Å². The minimum atomic E-state index is -1.30. The molecule has 0 fully saturated rings. The standard InChI is InChI=1S/C28H29Cl2FN2O6S/c1-15(2)13-39-9-8-23(37-3)18-7-5-6-17(25(18)31)22-14-40-28(32-22)33-26(34)16-10-20(29)19(21(30)11-16)12-24(38-4)27(35)36/h5-7,10-12,14-15,23H,8-9,13H2,1-4H3,(H,35,36)(H,32,33,34)/b24-12+. The monoisotopic (exact) mass is 610 g/mol. The van der Waals surface area contributed by atoms with Crippen molar-refractivity contribution in [2.75, 3.05) is 32.8 Å². The lowest BCUT2D eigenvalue weighted by Gasteiger charge is -2.18. The van der Waals surface area contributed by atoms with Crippen LogP contribution in [0.4, 0.5) is 9.52 Å². The maximum Gasteiger partial charge on any atom is 0.371 e. The molecular formula is C28H29Cl2FN2O6S. The zero-order chi connectivity index (χ0) is 29.4. The second-order valence-corrected chi connectivity index (χ2v) is 10.7. The van der Waals surface area contributed by atoms with E-state index in [0.29, 0.717) is 36.8 Å². The number of nitrogens with zero attached hydrogens (tertiary/aromatic N) is 1. The summed E-state index contributed by atoms with van der Waals surface area (Å²) in [5.41, 5.74) is 1.32. The van der Waals surface area contributed by atoms with Gasteiger partial charge in [-0.25, -0.2) is 14.2 Å². The summed E-state index contributed by atoms with van der Waals surface area (Å²) in [5, 5.41) is 13.8. The van der Waals surface area contributed by atoms with Crippen molar-refractivity contribution in [3.05, 3.63) is 74.0 Å². The number of anilines is 1. The number of hydrogen-bond acceptors (Lipinski definition) is 7. The van der Waals surface area contributed by atoms with Crippen LogP contribution in [0.3, 0.4) is 0 Å². The smallest absolute Gasteiger partial charge is 0.371 e. The van der Waals surface area contributed by atoms with E-state index in [4.69, 9.17) is 42.5 Å². The van der Waals surface area contributed by atoms with Gasteiger partial charge in [0.05, 0.1) is 29.0 Å². The summed E-state index contributed by atoms with van der Waals surface area (Å²) in [6.07, 6.45) is 1.16. The fraction of sp³-hybridized carbons (Fsp3) is 0.321. The molecule has 0 aliphatic rings. The minimum absolute atomic E-state index is 0.0504. The number of amides is 1. The SMILES string of the molecule is CO/C(=C/c1c(Cl)cc(C(=O)Nc2nc(-c3cccc(C(CCOCC(C)C)OC)c3F)cs2)cc1Cl)C(=O)O. The molecular weight excluding hydrogens is 582 g/mol. The molecule has 1 aromatic heterocycles. The minimum Gasteiger partial charge on any atom is -0.490 e. The topological polar surface area (TPSA) is 107 Å². The first kappa shape index (κ1) is 31.5. The second-order valence-electron chi connectivity index (χ2n) is 9.05. The number of thiazole rings is 1. The van der Waals surface area contributed by atoms with Crippen LogP contribution < -0.4 is 5.32 Å². The van der Waals surface area contributed by atoms with Gasteiger partial charge in [-0.05, 0) is 30.2 Å². The van der Waals surface area contributed by atoms with Gasteiger partial charge in [-0.15, -0.1) is 11.3 Å². The number of rotatable bonds is 13. The van der Waals surface area contributed by atoms with E-state index in [9.17, 15) is 9.59 Å². The summed E-state index contributed by atoms with van der Waals surface area (Å²) >= 11 is 13.7. The Balaban J connectivity index is 1.77. The van der Waals surface area contributed by atoms with E-state index in [2.05, 4.69) is 24.1 Å². The van der Waals surface area contributed by atoms with Gasteiger partial charge in [-0.1, -0.05) is 49.2 Å². The predicted octanol–water partition coefficient (Wildman–Crippen LogP) is 7.33. The average molecular weight is 612 g/mol. The van der Waals surface area contributed by atoms with Crippen molar-refractivity contribution >= 4 is 57.6 Å². The van der Waals surface area contributed by atoms with Gasteiger partial charge in [0.1, 0.15) is 5.82 Å². The first-order valence-corrected chi connectivity index (χ1v) is 13.8. The number of carboxylic acids is 1. The number of aromatic nitrogens is 1. The molecule has 2 N–H and O–H groups in total. The summed E-state index contributed by atoms with van der Waals surface area (Å²) in [5.74, 6) is -2.28. The fourth-order valence-corrected chi connectivity index (χ4v) is 5.02. The maximum atomic E-state index is 15.5. The highest BCUT2D eigenvalue weighted by Gasteiger charge is 2.21. The van der Waals surface area contributed by atoms with Crippen molar-refractivity contribution in [3.8, 4) is 11.3 Å². The van der Waals surface area contributed by atoms with Crippen LogP contribution in [-0.2, 0) is 19.0 Å². The Hall–Kier alpha value is -3.02. The number of methoxy groups -OCH3 is 2. The highest BCUT2D eigenvalue weighted by molar-refractivity contribution is 7.14. The van der Waals surface area contributed by atoms with Crippen molar-refractivity contribution in [2.45, 2.75) is 26.4 Å². The van der Waals surface area contributed by atoms with E-state index in [-0.39, 0.29) is 37.6 Å². The predicted molar refractivity (Wildman–Crippen MR) is 155 cm³/mol. The van der Waals surface area contributed by atoms with Gasteiger partial charge in [-0.3, -0.25) is 10.1 Å². The van der Waals surface area contributed by atoms with Crippen LogP contribution in [0.2, 0.25) is 10.0 Å². The molecule has 1 amide bonds. The Morgan fingerprint density at radius 2 is 1.90 bits per heavy atom. The first-order valence-electron chi connectivity index (χ1n) is 12.2. The third-order valence-corrected chi connectivity index (χ3v) is 7.07. The number of carbonyl (C=O) groups excluding carboxylic acids is 1. The Labute approximate surface area is 245 Å². The van der Waals surface area contributed by atoms with Crippen LogP contribution in [0.1, 0.15) is 47.9 Å². The molecule has 0 saturated heterocycles. The molecule has 40 heavy (non-hydrogen) atoms. The van der Waals surface area contributed by atoms with Gasteiger partial charge in [-0.2, -0.15) is 0 Å². The van der Waals surface area contributed by atoms with Crippen LogP contribution >= 0.6 is 34.5 Å². The third-order valence-electron chi connectivity index (χ3n) is 5.68. The Kier molecular flexibility index (Phi) is 11.5. The quantitative estimate of drug-likeness (QED) is 0.118. The number of hydrogen-bond donors (Lipinski definition) is 2. The van der Waals surface area contributed by atoms with E-state index in [1.807, 2.05) is 0 Å². The largest absolute Gasteiger partial charge is 0.490 e. The summed E-state index contributed by atoms with van der Waals surface area (Å²) in [7, 11) is 2.73. The zero-order valence-corrected chi connectivity index (χ0v) is 24.6. The normalized spacial score (nSPS) is 12.4. The number of carboxylic acid groups (broad SMARTS) is 1. The zero-order valence-electron chi connectivity index (χ0n) is 22.3. The molecule has 214 valence electrons. The van der Waals surface area contributed by atoms with Gasteiger partial charge in [0.25, 0.3) is 5.91 Å². The van der Waals surface area contributed by atoms with Crippen LogP contribution in [0.25, 0.3) is 17.3 Å². The van der Waals surface area contributed by atoms with Crippen molar-refractivity contribution < 1.29 is 33.3 Å². The molecule has 0 aliphatic heterocycles. The number of ether oxygens (including phenoxy) is 3. The van der Waals surface area contributed by atoms with Crippen molar-refractivity contribution in [2.24, 2.45) is 5.92 Å². The Bertz CT molecular complexity index is 1370. The maximum absolute atomic E-state index is 15.5. The van der Waals surface area contributed by atoms with Crippen molar-refractivity contribution in [1.29, 1.82) is 0 Å². The molecule has 12 heteroatoms. The number of carbonyl (C=O) groups is 2. The summed E-state index contributed by atoms with van der Waals surface area (Å²) in [4.78, 5) is 28.5. The molecule has 1 unspecified atom stereocenters. The van der Waals surface area contributed by atoms with E-state index < -0.39 is 23.8 Å². The van der Waals surface area contributed by atoms with Crippen LogP contribution in [0, 0.1) is 11.7 Å². The average Bonchev–Trinajstić information content (AvgIpc) is 3.36. The molecule has 1 atom stereocenters. The lowest BCUT2D eigenvalue weighted by atomic mass is 10.0. The number of benzene rings is 2. The molecule has 8 nitrogen and oxygen atoms in total. The summed E-state index contributed by atoms with van der Waals surface area (Å²) in [6.45, 7) is 5.17. The van der Waals surface area contributed by atoms with Crippen molar-refractivity contribution in [1.82, 2.24) is 4.98 Å². The van der Waals surface area contributed by atoms with Gasteiger partial charge in [0, 0.05) is 54.4 Å². The highest BCUT2D eigenvalue weighted by Crippen LogP contribution is 2.33. The molecule has 0 radical (unpaired) electrons. The highest BCUT2D eigenvalue weighted by atomic mass is 35.5. The Morgan fingerprint density at radius 3 is 2.50 bits per heavy atom. The first-order chi connectivity index (χ1) is 19.0. The molecule has 3 rings (SSSR count). The molecule has 0 spiro atoms. The lowest BCUT2D eigenvalue weighted by molar-refractivity contribution is -0.135. The van der Waals surface area contributed by atoms with E-state index >= 15 is 4.39 Å². The van der Waals surface area contributed by atoms with Crippen LogP contribution in [-0.4, -0.2) is 49.4 Å². The second kappa shape index (κ2) is 14.6. The van der Waals surface area contributed by atoms with Gasteiger partial charge >= 0.3 is 5.97 Å². The van der Waals surface area contributed by atoms with Crippen molar-refractivity contribution in [3.63, 3.8) is 0 Å². The Morgan fingerprint density at radius 1 is 1.20 bits per heavy atom. The summed E-state index contributed by atoms with van der Waals surface area (Å²) < 4.78 is 31.5. The molecule has 0 aliphatic carbocycles. The van der Waals surface area contributed by atoms with Gasteiger partial charge in [0.2, 0.25) is 5.76 Å². The summed E-state index contributed by atoms with van der Waals surface area (Å²) in [6, 6.07) is 7.70. The number of nitrogens with one attached hydrogen (secondary N) is 1. The van der Waals surface area contributed by atoms with Crippen LogP contribution in [0.15, 0.2) is 41.5 Å². The van der Waals surface area contributed by atoms with E-state index in [1.54, 1.807) is 23.6 Å². The molecule has 0 bridgehead atoms. The molecule has 3 aromatic rings. The third kappa shape index (κ3) is 8.02. The number of halogens is 3. The molecule has 0 saturated carbocycles. The number of aliphatic carboxylic acids is 1. The lowest BCUT2D eigenvalue weighted by Crippen LogP contribution is -2.12. The van der Waals surface area contributed by atoms with Crippen LogP contribution in [0.5, 0.6) is 0 Å².